The molecule has 0 saturated carbocycles. The van der Waals surface area contributed by atoms with Crippen molar-refractivity contribution < 1.29 is 0 Å². The minimum Gasteiger partial charge on any atom is -0.310 e. The van der Waals surface area contributed by atoms with Gasteiger partial charge in [0.05, 0.1) is 0 Å². The summed E-state index contributed by atoms with van der Waals surface area (Å²) in [6.45, 7) is 4.39. The Morgan fingerprint density at radius 2 is 0.642 bits per heavy atom. The largest absolute Gasteiger partial charge is 0.310 e. The lowest BCUT2D eigenvalue weighted by molar-refractivity contribution is 1.26. The Kier molecular flexibility index (Phi) is 8.42. The van der Waals surface area contributed by atoms with Gasteiger partial charge in [-0.25, -0.2) is 0 Å². The normalized spacial score (nSPS) is 11.5. The van der Waals surface area contributed by atoms with E-state index in [1.54, 1.807) is 0 Å². The molecular formula is C51H40N2. The smallest absolute Gasteiger partial charge is 0.0470 e. The summed E-state index contributed by atoms with van der Waals surface area (Å²) < 4.78 is 0. The maximum Gasteiger partial charge on any atom is 0.0470 e. The second-order valence-corrected chi connectivity index (χ2v) is 14.0. The molecule has 9 rings (SSSR count). The lowest BCUT2D eigenvalue weighted by Crippen LogP contribution is -2.10. The van der Waals surface area contributed by atoms with E-state index in [0.29, 0.717) is 0 Å². The number of anilines is 6. The maximum atomic E-state index is 2.41. The van der Waals surface area contributed by atoms with Crippen LogP contribution in [0.3, 0.4) is 0 Å². The van der Waals surface area contributed by atoms with E-state index in [1.165, 1.54) is 55.6 Å². The molecular weight excluding hydrogens is 641 g/mol. The van der Waals surface area contributed by atoms with Crippen molar-refractivity contribution in [2.24, 2.45) is 0 Å². The van der Waals surface area contributed by atoms with E-state index < -0.39 is 0 Å². The highest BCUT2D eigenvalue weighted by atomic mass is 15.1. The average Bonchev–Trinajstić information content (AvgIpc) is 3.57. The van der Waals surface area contributed by atoms with Crippen molar-refractivity contribution >= 4 is 34.1 Å². The van der Waals surface area contributed by atoms with Crippen LogP contribution in [0.2, 0.25) is 0 Å². The van der Waals surface area contributed by atoms with Crippen LogP contribution in [-0.2, 0) is 6.42 Å². The van der Waals surface area contributed by atoms with Crippen molar-refractivity contribution in [2.45, 2.75) is 20.3 Å². The fourth-order valence-electron chi connectivity index (χ4n) is 7.85. The SMILES string of the molecule is Cc1cc(-c2ccc3c(c2)-c2cc(-c4cc(C)cc(N(c5ccccc5)c5ccccc5)c4)ccc2C3)cc(N(c2ccccc2)c2ccccc2)c1. The molecule has 0 spiro atoms. The van der Waals surface area contributed by atoms with Crippen molar-refractivity contribution in [3.05, 3.63) is 216 Å². The molecule has 0 bridgehead atoms. The molecule has 0 radical (unpaired) electrons. The third-order valence-corrected chi connectivity index (χ3v) is 10.3. The fraction of sp³-hybridized carbons (Fsp3) is 0.0588. The molecule has 8 aromatic carbocycles. The third-order valence-electron chi connectivity index (χ3n) is 10.3. The van der Waals surface area contributed by atoms with Gasteiger partial charge < -0.3 is 9.80 Å². The van der Waals surface area contributed by atoms with Crippen LogP contribution in [0.5, 0.6) is 0 Å². The van der Waals surface area contributed by atoms with Crippen molar-refractivity contribution in [1.29, 1.82) is 0 Å². The summed E-state index contributed by atoms with van der Waals surface area (Å²) in [6, 6.07) is 70.5. The van der Waals surface area contributed by atoms with Crippen LogP contribution in [-0.4, -0.2) is 0 Å². The third kappa shape index (κ3) is 6.41. The Hall–Kier alpha value is -6.64. The molecule has 0 saturated heterocycles. The van der Waals surface area contributed by atoms with Gasteiger partial charge in [-0.2, -0.15) is 0 Å². The molecule has 0 amide bonds. The van der Waals surface area contributed by atoms with Crippen LogP contribution in [0.15, 0.2) is 194 Å². The monoisotopic (exact) mass is 680 g/mol. The van der Waals surface area contributed by atoms with Crippen LogP contribution in [0, 0.1) is 13.8 Å². The van der Waals surface area contributed by atoms with E-state index in [1.807, 2.05) is 0 Å². The first kappa shape index (κ1) is 32.3. The topological polar surface area (TPSA) is 6.48 Å². The summed E-state index contributed by atoms with van der Waals surface area (Å²) in [5.41, 5.74) is 19.6. The maximum absolute atomic E-state index is 2.41. The fourth-order valence-corrected chi connectivity index (χ4v) is 7.85. The summed E-state index contributed by atoms with van der Waals surface area (Å²) in [5.74, 6) is 0. The summed E-state index contributed by atoms with van der Waals surface area (Å²) in [5, 5.41) is 0. The highest BCUT2D eigenvalue weighted by Gasteiger charge is 2.22. The quantitative estimate of drug-likeness (QED) is 0.158. The summed E-state index contributed by atoms with van der Waals surface area (Å²) >= 11 is 0. The zero-order valence-corrected chi connectivity index (χ0v) is 30.1. The highest BCUT2D eigenvalue weighted by molar-refractivity contribution is 5.88. The lowest BCUT2D eigenvalue weighted by Gasteiger charge is -2.26. The molecule has 2 nitrogen and oxygen atoms in total. The van der Waals surface area contributed by atoms with Gasteiger partial charge in [-0.05, 0) is 161 Å². The predicted molar refractivity (Wildman–Crippen MR) is 224 cm³/mol. The Morgan fingerprint density at radius 3 is 0.981 bits per heavy atom. The van der Waals surface area contributed by atoms with Gasteiger partial charge in [0.25, 0.3) is 0 Å². The van der Waals surface area contributed by atoms with Crippen LogP contribution in [0.1, 0.15) is 22.3 Å². The first-order valence-electron chi connectivity index (χ1n) is 18.4. The minimum absolute atomic E-state index is 0.953. The van der Waals surface area contributed by atoms with Gasteiger partial charge in [-0.15, -0.1) is 0 Å². The number of benzene rings is 8. The van der Waals surface area contributed by atoms with Gasteiger partial charge in [0, 0.05) is 34.1 Å². The number of nitrogens with zero attached hydrogens (tertiary/aromatic N) is 2. The van der Waals surface area contributed by atoms with Crippen LogP contribution >= 0.6 is 0 Å². The molecule has 0 unspecified atom stereocenters. The zero-order valence-electron chi connectivity index (χ0n) is 30.1. The molecule has 0 atom stereocenters. The predicted octanol–water partition coefficient (Wildman–Crippen LogP) is 14.1. The summed E-state index contributed by atoms with van der Waals surface area (Å²) in [6.07, 6.45) is 0.953. The zero-order chi connectivity index (χ0) is 35.7. The van der Waals surface area contributed by atoms with Crippen LogP contribution < -0.4 is 9.80 Å². The number of aryl methyl sites for hydroxylation is 2. The molecule has 53 heavy (non-hydrogen) atoms. The van der Waals surface area contributed by atoms with Crippen LogP contribution in [0.4, 0.5) is 34.1 Å². The van der Waals surface area contributed by atoms with E-state index in [0.717, 1.165) is 40.5 Å². The number of rotatable bonds is 8. The number of hydrogen-bond acceptors (Lipinski definition) is 2. The standard InChI is InChI=1S/C51H40N2/c1-36-27-42(32-48(29-36)52(44-15-7-3-8-16-44)45-17-9-4-10-18-45)38-23-25-40-31-41-26-24-39(35-51(41)50(40)34-38)43-28-37(2)30-49(33-43)53(46-19-11-5-12-20-46)47-21-13-6-14-22-47/h3-30,32-35H,31H2,1-2H3. The molecule has 1 aliphatic carbocycles. The molecule has 2 heteroatoms. The van der Waals surface area contributed by atoms with Gasteiger partial charge in [0.1, 0.15) is 0 Å². The molecule has 0 aromatic heterocycles. The number of fused-ring (bicyclic) bond motifs is 3. The van der Waals surface area contributed by atoms with Gasteiger partial charge in [-0.3, -0.25) is 0 Å². The first-order chi connectivity index (χ1) is 26.1. The van der Waals surface area contributed by atoms with E-state index in [2.05, 4.69) is 218 Å². The molecule has 0 fully saturated rings. The van der Waals surface area contributed by atoms with E-state index in [9.17, 15) is 0 Å². The average molecular weight is 681 g/mol. The van der Waals surface area contributed by atoms with E-state index in [4.69, 9.17) is 0 Å². The summed E-state index contributed by atoms with van der Waals surface area (Å²) in [7, 11) is 0. The van der Waals surface area contributed by atoms with Gasteiger partial charge in [-0.1, -0.05) is 109 Å². The first-order valence-corrected chi connectivity index (χ1v) is 18.4. The van der Waals surface area contributed by atoms with Crippen molar-refractivity contribution in [1.82, 2.24) is 0 Å². The van der Waals surface area contributed by atoms with Gasteiger partial charge in [0.2, 0.25) is 0 Å². The number of para-hydroxylation sites is 4. The molecule has 0 heterocycles. The molecule has 1 aliphatic rings. The highest BCUT2D eigenvalue weighted by Crippen LogP contribution is 2.44. The molecule has 8 aromatic rings. The van der Waals surface area contributed by atoms with Crippen molar-refractivity contribution in [3.63, 3.8) is 0 Å². The van der Waals surface area contributed by atoms with Gasteiger partial charge >= 0.3 is 0 Å². The Morgan fingerprint density at radius 1 is 0.302 bits per heavy atom. The van der Waals surface area contributed by atoms with Crippen LogP contribution in [0.25, 0.3) is 33.4 Å². The van der Waals surface area contributed by atoms with E-state index >= 15 is 0 Å². The Balaban J connectivity index is 1.10. The minimum atomic E-state index is 0.953. The summed E-state index contributed by atoms with van der Waals surface area (Å²) in [4.78, 5) is 4.69. The second kappa shape index (κ2) is 13.8. The Bertz CT molecular complexity index is 2280. The number of hydrogen-bond donors (Lipinski definition) is 0. The van der Waals surface area contributed by atoms with Crippen molar-refractivity contribution in [3.8, 4) is 33.4 Å². The molecule has 254 valence electrons. The molecule has 0 aliphatic heterocycles. The second-order valence-electron chi connectivity index (χ2n) is 14.0. The van der Waals surface area contributed by atoms with Gasteiger partial charge in [0.15, 0.2) is 0 Å². The van der Waals surface area contributed by atoms with E-state index in [-0.39, 0.29) is 0 Å². The van der Waals surface area contributed by atoms with Crippen molar-refractivity contribution in [2.75, 3.05) is 9.80 Å². The Labute approximate surface area is 312 Å². The lowest BCUT2D eigenvalue weighted by atomic mass is 9.94. The molecule has 0 N–H and O–H groups in total.